The van der Waals surface area contributed by atoms with Crippen LogP contribution in [0.2, 0.25) is 0 Å². The molecule has 3 amide bonds. The molecule has 0 saturated carbocycles. The molecule has 0 aromatic heterocycles. The highest BCUT2D eigenvalue weighted by Gasteiger charge is 2.24. The standard InChI is InChI=1S/C23H30N6O2/c1-15(2)27-23(31)28-18-10-8-16(9-11-18)13-25-22(24-3)26-14-17-12-21(30)29-20-7-5-4-6-19(17)20/h4-11,15,17H,12-14H2,1-3H3,(H,29,30)(H2,24,25,26)(H2,27,28,31). The van der Waals surface area contributed by atoms with Gasteiger partial charge in [-0.2, -0.15) is 0 Å². The van der Waals surface area contributed by atoms with E-state index in [1.165, 1.54) is 0 Å². The SMILES string of the molecule is CN=C(NCc1ccc(NC(=O)NC(C)C)cc1)NCC1CC(=O)Nc2ccccc21. The number of guanidine groups is 1. The molecular formula is C23H30N6O2. The van der Waals surface area contributed by atoms with Gasteiger partial charge >= 0.3 is 6.03 Å². The van der Waals surface area contributed by atoms with Crippen LogP contribution in [0.15, 0.2) is 53.5 Å². The van der Waals surface area contributed by atoms with E-state index in [0.717, 1.165) is 22.5 Å². The number of carbonyl (C=O) groups excluding carboxylic acids is 2. The number of fused-ring (bicyclic) bond motifs is 1. The number of nitrogens with zero attached hydrogens (tertiary/aromatic N) is 1. The number of hydrogen-bond acceptors (Lipinski definition) is 3. The van der Waals surface area contributed by atoms with E-state index in [1.807, 2.05) is 62.4 Å². The number of nitrogens with one attached hydrogen (secondary N) is 5. The summed E-state index contributed by atoms with van der Waals surface area (Å²) in [6, 6.07) is 15.4. The third-order valence-corrected chi connectivity index (χ3v) is 4.94. The van der Waals surface area contributed by atoms with Gasteiger partial charge in [-0.15, -0.1) is 0 Å². The highest BCUT2D eigenvalue weighted by atomic mass is 16.2. The normalized spacial score (nSPS) is 15.7. The molecule has 1 aliphatic rings. The van der Waals surface area contributed by atoms with Crippen LogP contribution in [-0.2, 0) is 11.3 Å². The number of benzene rings is 2. The minimum atomic E-state index is -0.219. The number of urea groups is 1. The molecule has 1 heterocycles. The Morgan fingerprint density at radius 1 is 1.13 bits per heavy atom. The Balaban J connectivity index is 1.50. The molecule has 0 spiro atoms. The number of amides is 3. The molecule has 1 atom stereocenters. The molecule has 31 heavy (non-hydrogen) atoms. The molecule has 3 rings (SSSR count). The first kappa shape index (κ1) is 22.1. The van der Waals surface area contributed by atoms with Crippen LogP contribution < -0.4 is 26.6 Å². The molecule has 8 heteroatoms. The number of carbonyl (C=O) groups is 2. The van der Waals surface area contributed by atoms with E-state index in [9.17, 15) is 9.59 Å². The van der Waals surface area contributed by atoms with Gasteiger partial charge < -0.3 is 26.6 Å². The molecule has 8 nitrogen and oxygen atoms in total. The molecule has 0 fully saturated rings. The summed E-state index contributed by atoms with van der Waals surface area (Å²) in [5.74, 6) is 0.789. The fourth-order valence-corrected chi connectivity index (χ4v) is 3.45. The van der Waals surface area contributed by atoms with Gasteiger partial charge in [-0.05, 0) is 43.2 Å². The molecule has 2 aromatic carbocycles. The zero-order valence-corrected chi connectivity index (χ0v) is 18.2. The quantitative estimate of drug-likeness (QED) is 0.364. The summed E-state index contributed by atoms with van der Waals surface area (Å²) in [5, 5.41) is 15.1. The van der Waals surface area contributed by atoms with Crippen molar-refractivity contribution < 1.29 is 9.59 Å². The average Bonchev–Trinajstić information content (AvgIpc) is 2.74. The van der Waals surface area contributed by atoms with E-state index >= 15 is 0 Å². The molecule has 164 valence electrons. The lowest BCUT2D eigenvalue weighted by molar-refractivity contribution is -0.116. The lowest BCUT2D eigenvalue weighted by Crippen LogP contribution is -2.40. The van der Waals surface area contributed by atoms with Crippen molar-refractivity contribution >= 4 is 29.3 Å². The van der Waals surface area contributed by atoms with Crippen molar-refractivity contribution in [3.8, 4) is 0 Å². The molecule has 2 aromatic rings. The number of hydrogen-bond donors (Lipinski definition) is 5. The number of aliphatic imine (C=N–C) groups is 1. The summed E-state index contributed by atoms with van der Waals surface area (Å²) in [6.45, 7) is 5.02. The topological polar surface area (TPSA) is 107 Å². The zero-order valence-electron chi connectivity index (χ0n) is 18.2. The maximum Gasteiger partial charge on any atom is 0.319 e. The Bertz CT molecular complexity index is 939. The number of para-hydroxylation sites is 1. The van der Waals surface area contributed by atoms with Gasteiger partial charge in [0, 0.05) is 49.9 Å². The van der Waals surface area contributed by atoms with E-state index in [4.69, 9.17) is 0 Å². The maximum absolute atomic E-state index is 12.0. The Morgan fingerprint density at radius 2 is 1.87 bits per heavy atom. The van der Waals surface area contributed by atoms with E-state index in [2.05, 4.69) is 31.6 Å². The molecular weight excluding hydrogens is 392 g/mol. The third kappa shape index (κ3) is 6.47. The van der Waals surface area contributed by atoms with Crippen molar-refractivity contribution in [1.29, 1.82) is 0 Å². The van der Waals surface area contributed by atoms with Gasteiger partial charge in [-0.25, -0.2) is 4.79 Å². The Kier molecular flexibility index (Phi) is 7.48. The second-order valence-corrected chi connectivity index (χ2v) is 7.79. The highest BCUT2D eigenvalue weighted by molar-refractivity contribution is 5.95. The minimum Gasteiger partial charge on any atom is -0.356 e. The van der Waals surface area contributed by atoms with E-state index in [0.29, 0.717) is 25.5 Å². The summed E-state index contributed by atoms with van der Waals surface area (Å²) in [5.41, 5.74) is 3.80. The van der Waals surface area contributed by atoms with Crippen molar-refractivity contribution in [3.63, 3.8) is 0 Å². The zero-order chi connectivity index (χ0) is 22.2. The molecule has 1 unspecified atom stereocenters. The second kappa shape index (κ2) is 10.5. The third-order valence-electron chi connectivity index (χ3n) is 4.94. The first-order valence-corrected chi connectivity index (χ1v) is 10.4. The fraction of sp³-hybridized carbons (Fsp3) is 0.348. The Morgan fingerprint density at radius 3 is 2.58 bits per heavy atom. The minimum absolute atomic E-state index is 0.0317. The first-order chi connectivity index (χ1) is 14.9. The van der Waals surface area contributed by atoms with Crippen LogP contribution in [0.1, 0.15) is 37.3 Å². The smallest absolute Gasteiger partial charge is 0.319 e. The molecule has 0 aliphatic carbocycles. The molecule has 0 radical (unpaired) electrons. The number of rotatable bonds is 6. The summed E-state index contributed by atoms with van der Waals surface area (Å²) in [7, 11) is 1.72. The van der Waals surface area contributed by atoms with Gasteiger partial charge in [0.1, 0.15) is 0 Å². The maximum atomic E-state index is 12.0. The van der Waals surface area contributed by atoms with Gasteiger partial charge in [-0.3, -0.25) is 9.79 Å². The molecule has 0 bridgehead atoms. The molecule has 5 N–H and O–H groups in total. The monoisotopic (exact) mass is 422 g/mol. The van der Waals surface area contributed by atoms with Gasteiger partial charge in [0.15, 0.2) is 5.96 Å². The van der Waals surface area contributed by atoms with Crippen molar-refractivity contribution in [2.24, 2.45) is 4.99 Å². The van der Waals surface area contributed by atoms with Crippen LogP contribution in [0, 0.1) is 0 Å². The summed E-state index contributed by atoms with van der Waals surface area (Å²) in [4.78, 5) is 28.0. The van der Waals surface area contributed by atoms with Gasteiger partial charge in [0.05, 0.1) is 0 Å². The highest BCUT2D eigenvalue weighted by Crippen LogP contribution is 2.31. The predicted molar refractivity (Wildman–Crippen MR) is 124 cm³/mol. The van der Waals surface area contributed by atoms with Crippen LogP contribution in [0.5, 0.6) is 0 Å². The fourth-order valence-electron chi connectivity index (χ4n) is 3.45. The summed E-state index contributed by atoms with van der Waals surface area (Å²) >= 11 is 0. The van der Waals surface area contributed by atoms with Crippen LogP contribution in [0.4, 0.5) is 16.2 Å². The molecule has 0 saturated heterocycles. The average molecular weight is 423 g/mol. The van der Waals surface area contributed by atoms with Gasteiger partial charge in [-0.1, -0.05) is 30.3 Å². The van der Waals surface area contributed by atoms with E-state index in [-0.39, 0.29) is 23.9 Å². The van der Waals surface area contributed by atoms with Crippen molar-refractivity contribution in [3.05, 3.63) is 59.7 Å². The van der Waals surface area contributed by atoms with E-state index in [1.54, 1.807) is 7.05 Å². The van der Waals surface area contributed by atoms with Crippen LogP contribution >= 0.6 is 0 Å². The van der Waals surface area contributed by atoms with E-state index < -0.39 is 0 Å². The first-order valence-electron chi connectivity index (χ1n) is 10.4. The van der Waals surface area contributed by atoms with Crippen LogP contribution in [0.3, 0.4) is 0 Å². The van der Waals surface area contributed by atoms with Gasteiger partial charge in [0.2, 0.25) is 5.91 Å². The van der Waals surface area contributed by atoms with Crippen molar-refractivity contribution in [2.75, 3.05) is 24.2 Å². The predicted octanol–water partition coefficient (Wildman–Crippen LogP) is 3.01. The van der Waals surface area contributed by atoms with Crippen molar-refractivity contribution in [1.82, 2.24) is 16.0 Å². The number of anilines is 2. The Hall–Kier alpha value is -3.55. The lowest BCUT2D eigenvalue weighted by Gasteiger charge is -2.26. The summed E-state index contributed by atoms with van der Waals surface area (Å²) < 4.78 is 0. The van der Waals surface area contributed by atoms with Crippen LogP contribution in [0.25, 0.3) is 0 Å². The molecule has 1 aliphatic heterocycles. The second-order valence-electron chi connectivity index (χ2n) is 7.79. The van der Waals surface area contributed by atoms with Gasteiger partial charge in [0.25, 0.3) is 0 Å². The largest absolute Gasteiger partial charge is 0.356 e. The lowest BCUT2D eigenvalue weighted by atomic mass is 9.90. The van der Waals surface area contributed by atoms with Crippen LogP contribution in [-0.4, -0.2) is 37.5 Å². The Labute approximate surface area is 182 Å². The summed E-state index contributed by atoms with van der Waals surface area (Å²) in [6.07, 6.45) is 0.444. The van der Waals surface area contributed by atoms with Crippen molar-refractivity contribution in [2.45, 2.75) is 38.8 Å².